The Kier molecular flexibility index (Phi) is 5.85. The van der Waals surface area contributed by atoms with E-state index in [4.69, 9.17) is 11.6 Å². The van der Waals surface area contributed by atoms with Gasteiger partial charge in [0.25, 0.3) is 0 Å². The van der Waals surface area contributed by atoms with E-state index in [9.17, 15) is 4.79 Å². The van der Waals surface area contributed by atoms with Gasteiger partial charge in [-0.05, 0) is 24.6 Å². The number of aromatic nitrogens is 2. The summed E-state index contributed by atoms with van der Waals surface area (Å²) in [5, 5.41) is 0.745. The van der Waals surface area contributed by atoms with Gasteiger partial charge in [0.15, 0.2) is 0 Å². The van der Waals surface area contributed by atoms with Crippen molar-refractivity contribution in [3.63, 3.8) is 0 Å². The van der Waals surface area contributed by atoms with Crippen molar-refractivity contribution in [2.75, 3.05) is 43.5 Å². The highest BCUT2D eigenvalue weighted by molar-refractivity contribution is 6.30. The van der Waals surface area contributed by atoms with Gasteiger partial charge in [-0.15, -0.1) is 0 Å². The summed E-state index contributed by atoms with van der Waals surface area (Å²) in [6.45, 7) is 6.22. The molecule has 1 aromatic carbocycles. The van der Waals surface area contributed by atoms with Crippen LogP contribution in [0.3, 0.4) is 0 Å². The van der Waals surface area contributed by atoms with E-state index >= 15 is 0 Å². The SMILES string of the molecule is CC(c1ccc(Cl)cc1)C(C)N(C)c1cc(N2CCN(C)C(=O)C2)ncn1. The average Bonchev–Trinajstić information content (AvgIpc) is 2.69. The number of hydrogen-bond acceptors (Lipinski definition) is 5. The Hall–Kier alpha value is -2.34. The number of benzene rings is 1. The summed E-state index contributed by atoms with van der Waals surface area (Å²) in [5.74, 6) is 2.05. The molecule has 0 spiro atoms. The van der Waals surface area contributed by atoms with Crippen molar-refractivity contribution in [1.82, 2.24) is 14.9 Å². The average molecular weight is 388 g/mol. The van der Waals surface area contributed by atoms with E-state index in [0.29, 0.717) is 19.0 Å². The van der Waals surface area contributed by atoms with Crippen molar-refractivity contribution in [3.8, 4) is 0 Å². The maximum Gasteiger partial charge on any atom is 0.241 e. The van der Waals surface area contributed by atoms with Crippen molar-refractivity contribution in [2.24, 2.45) is 0 Å². The van der Waals surface area contributed by atoms with Crippen LogP contribution in [0, 0.1) is 0 Å². The van der Waals surface area contributed by atoms with Gasteiger partial charge in [-0.3, -0.25) is 4.79 Å². The normalized spacial score (nSPS) is 17.0. The van der Waals surface area contributed by atoms with Crippen molar-refractivity contribution < 1.29 is 4.79 Å². The highest BCUT2D eigenvalue weighted by Crippen LogP contribution is 2.27. The molecule has 0 bridgehead atoms. The number of nitrogens with zero attached hydrogens (tertiary/aromatic N) is 5. The fourth-order valence-corrected chi connectivity index (χ4v) is 3.37. The largest absolute Gasteiger partial charge is 0.356 e. The van der Waals surface area contributed by atoms with Crippen LogP contribution in [0.5, 0.6) is 0 Å². The number of anilines is 2. The monoisotopic (exact) mass is 387 g/mol. The Balaban J connectivity index is 1.75. The summed E-state index contributed by atoms with van der Waals surface area (Å²) >= 11 is 6.01. The lowest BCUT2D eigenvalue weighted by molar-refractivity contribution is -0.129. The molecule has 0 radical (unpaired) electrons. The number of hydrogen-bond donors (Lipinski definition) is 0. The molecule has 1 aliphatic rings. The van der Waals surface area contributed by atoms with Crippen LogP contribution >= 0.6 is 11.6 Å². The van der Waals surface area contributed by atoms with Crippen LogP contribution in [0.1, 0.15) is 25.3 Å². The highest BCUT2D eigenvalue weighted by Gasteiger charge is 2.24. The van der Waals surface area contributed by atoms with Gasteiger partial charge in [0.05, 0.1) is 6.54 Å². The van der Waals surface area contributed by atoms with E-state index in [-0.39, 0.29) is 11.9 Å². The summed E-state index contributed by atoms with van der Waals surface area (Å²) in [6, 6.07) is 10.2. The second-order valence-corrected chi connectivity index (χ2v) is 7.60. The Bertz CT molecular complexity index is 797. The van der Waals surface area contributed by atoms with Crippen LogP contribution in [-0.4, -0.2) is 60.5 Å². The summed E-state index contributed by atoms with van der Waals surface area (Å²) in [5.41, 5.74) is 1.23. The molecule has 144 valence electrons. The topological polar surface area (TPSA) is 52.6 Å². The van der Waals surface area contributed by atoms with E-state index in [0.717, 1.165) is 23.2 Å². The minimum atomic E-state index is 0.111. The second-order valence-electron chi connectivity index (χ2n) is 7.16. The maximum absolute atomic E-state index is 12.0. The number of rotatable bonds is 5. The lowest BCUT2D eigenvalue weighted by atomic mass is 9.93. The molecule has 1 amide bonds. The molecule has 7 heteroatoms. The molecule has 0 saturated carbocycles. The number of amides is 1. The first-order valence-electron chi connectivity index (χ1n) is 9.16. The number of halogens is 1. The number of carbonyl (C=O) groups is 1. The summed E-state index contributed by atoms with van der Waals surface area (Å²) in [6.07, 6.45) is 1.57. The minimum absolute atomic E-state index is 0.111. The molecule has 1 aromatic heterocycles. The van der Waals surface area contributed by atoms with Crippen molar-refractivity contribution in [3.05, 3.63) is 47.2 Å². The fourth-order valence-electron chi connectivity index (χ4n) is 3.25. The molecule has 1 aliphatic heterocycles. The molecule has 0 aliphatic carbocycles. The van der Waals surface area contributed by atoms with Crippen LogP contribution < -0.4 is 9.80 Å². The standard InChI is InChI=1S/C20H26ClN5O/c1-14(16-5-7-17(21)8-6-16)15(2)25(4)18-11-19(23-13-22-18)26-10-9-24(3)20(27)12-26/h5-8,11,13-15H,9-10,12H2,1-4H3. The molecule has 1 saturated heterocycles. The second kappa shape index (κ2) is 8.13. The van der Waals surface area contributed by atoms with E-state index in [1.165, 1.54) is 5.56 Å². The Labute approximate surface area is 165 Å². The van der Waals surface area contributed by atoms with Crippen LogP contribution in [0.25, 0.3) is 0 Å². The van der Waals surface area contributed by atoms with Crippen LogP contribution in [0.2, 0.25) is 5.02 Å². The fraction of sp³-hybridized carbons (Fsp3) is 0.450. The number of carbonyl (C=O) groups excluding carboxylic acids is 1. The molecule has 2 aromatic rings. The van der Waals surface area contributed by atoms with Gasteiger partial charge >= 0.3 is 0 Å². The van der Waals surface area contributed by atoms with Gasteiger partial charge in [0.2, 0.25) is 5.91 Å². The molecule has 0 N–H and O–H groups in total. The Morgan fingerprint density at radius 2 is 1.85 bits per heavy atom. The Morgan fingerprint density at radius 3 is 2.52 bits per heavy atom. The summed E-state index contributed by atoms with van der Waals surface area (Å²) in [7, 11) is 3.87. The third-order valence-corrected chi connectivity index (χ3v) is 5.76. The predicted octanol–water partition coefficient (Wildman–Crippen LogP) is 3.04. The van der Waals surface area contributed by atoms with Gasteiger partial charge in [-0.1, -0.05) is 30.7 Å². The smallest absolute Gasteiger partial charge is 0.241 e. The van der Waals surface area contributed by atoms with E-state index in [2.05, 4.69) is 40.8 Å². The molecule has 2 atom stereocenters. The third-order valence-electron chi connectivity index (χ3n) is 5.51. The first kappa shape index (κ1) is 19.4. The zero-order valence-corrected chi connectivity index (χ0v) is 17.0. The van der Waals surface area contributed by atoms with E-state index in [1.807, 2.05) is 37.2 Å². The number of likely N-dealkylation sites (N-methyl/N-ethyl adjacent to an activating group) is 2. The zero-order valence-electron chi connectivity index (χ0n) is 16.3. The maximum atomic E-state index is 12.0. The predicted molar refractivity (Wildman–Crippen MR) is 110 cm³/mol. The van der Waals surface area contributed by atoms with E-state index in [1.54, 1.807) is 11.2 Å². The van der Waals surface area contributed by atoms with Gasteiger partial charge in [-0.2, -0.15) is 0 Å². The lowest BCUT2D eigenvalue weighted by Crippen LogP contribution is -2.48. The van der Waals surface area contributed by atoms with Crippen molar-refractivity contribution in [2.45, 2.75) is 25.8 Å². The van der Waals surface area contributed by atoms with Crippen molar-refractivity contribution in [1.29, 1.82) is 0 Å². The summed E-state index contributed by atoms with van der Waals surface area (Å²) in [4.78, 5) is 26.7. The van der Waals surface area contributed by atoms with Crippen LogP contribution in [-0.2, 0) is 4.79 Å². The van der Waals surface area contributed by atoms with Gasteiger partial charge in [0.1, 0.15) is 18.0 Å². The minimum Gasteiger partial charge on any atom is -0.356 e. The van der Waals surface area contributed by atoms with Gasteiger partial charge in [-0.25, -0.2) is 9.97 Å². The van der Waals surface area contributed by atoms with E-state index < -0.39 is 0 Å². The molecule has 1 fully saturated rings. The summed E-state index contributed by atoms with van der Waals surface area (Å²) < 4.78 is 0. The van der Waals surface area contributed by atoms with Gasteiger partial charge in [0, 0.05) is 50.2 Å². The quantitative estimate of drug-likeness (QED) is 0.789. The molecule has 2 heterocycles. The molecule has 2 unspecified atom stereocenters. The molecule has 3 rings (SSSR count). The molecule has 6 nitrogen and oxygen atoms in total. The Morgan fingerprint density at radius 1 is 1.15 bits per heavy atom. The molecule has 27 heavy (non-hydrogen) atoms. The first-order chi connectivity index (χ1) is 12.9. The molecular formula is C20H26ClN5O. The van der Waals surface area contributed by atoms with Crippen molar-refractivity contribution >= 4 is 29.1 Å². The third kappa shape index (κ3) is 4.33. The van der Waals surface area contributed by atoms with Crippen LogP contribution in [0.15, 0.2) is 36.7 Å². The number of piperazine rings is 1. The first-order valence-corrected chi connectivity index (χ1v) is 9.54. The van der Waals surface area contributed by atoms with Gasteiger partial charge < -0.3 is 14.7 Å². The highest BCUT2D eigenvalue weighted by atomic mass is 35.5. The molecular weight excluding hydrogens is 362 g/mol. The lowest BCUT2D eigenvalue weighted by Gasteiger charge is -2.34. The van der Waals surface area contributed by atoms with Crippen LogP contribution in [0.4, 0.5) is 11.6 Å². The zero-order chi connectivity index (χ0) is 19.6.